The summed E-state index contributed by atoms with van der Waals surface area (Å²) in [6.45, 7) is 4.18. The molecule has 0 aliphatic rings. The summed E-state index contributed by atoms with van der Waals surface area (Å²) in [4.78, 5) is 29.4. The van der Waals surface area contributed by atoms with Gasteiger partial charge in [0.2, 0.25) is 0 Å². The van der Waals surface area contributed by atoms with Crippen molar-refractivity contribution in [3.05, 3.63) is 73.9 Å². The number of aryl methyl sites for hydroxylation is 2. The van der Waals surface area contributed by atoms with E-state index in [2.05, 4.69) is 15.3 Å². The molecule has 0 fully saturated rings. The molecular formula is C17H17N3O2. The summed E-state index contributed by atoms with van der Waals surface area (Å²) < 4.78 is 0. The van der Waals surface area contributed by atoms with Gasteiger partial charge in [-0.05, 0) is 48.6 Å². The fraction of sp³-hybridized carbons (Fsp3) is 0.176. The first kappa shape index (κ1) is 14.1. The summed E-state index contributed by atoms with van der Waals surface area (Å²) in [6, 6.07) is 9.54. The smallest absolute Gasteiger partial charge is 0.271 e. The molecule has 5 heteroatoms. The largest absolute Gasteiger partial charge is 0.376 e. The van der Waals surface area contributed by atoms with Crippen molar-refractivity contribution in [1.82, 2.24) is 9.97 Å². The van der Waals surface area contributed by atoms with E-state index in [0.29, 0.717) is 17.8 Å². The van der Waals surface area contributed by atoms with Crippen LogP contribution in [-0.2, 0) is 6.54 Å². The van der Waals surface area contributed by atoms with Crippen molar-refractivity contribution in [2.24, 2.45) is 0 Å². The molecule has 0 saturated heterocycles. The Morgan fingerprint density at radius 2 is 1.82 bits per heavy atom. The Labute approximate surface area is 127 Å². The van der Waals surface area contributed by atoms with E-state index in [1.165, 1.54) is 0 Å². The first-order valence-electron chi connectivity index (χ1n) is 7.09. The molecule has 1 aromatic carbocycles. The van der Waals surface area contributed by atoms with E-state index >= 15 is 0 Å². The first-order valence-corrected chi connectivity index (χ1v) is 7.09. The molecule has 3 rings (SSSR count). The van der Waals surface area contributed by atoms with Crippen LogP contribution in [0.4, 0.5) is 5.69 Å². The number of nitrogens with one attached hydrogen (secondary N) is 3. The van der Waals surface area contributed by atoms with Gasteiger partial charge in [0.05, 0.1) is 0 Å². The highest BCUT2D eigenvalue weighted by atomic mass is 16.1. The number of pyridine rings is 2. The summed E-state index contributed by atoms with van der Waals surface area (Å²) in [7, 11) is 0. The summed E-state index contributed by atoms with van der Waals surface area (Å²) in [6.07, 6.45) is 1.65. The molecule has 5 nitrogen and oxygen atoms in total. The lowest BCUT2D eigenvalue weighted by molar-refractivity contribution is 1.07. The van der Waals surface area contributed by atoms with Crippen molar-refractivity contribution in [2.75, 3.05) is 5.32 Å². The molecule has 2 aromatic heterocycles. The van der Waals surface area contributed by atoms with Crippen LogP contribution in [0.1, 0.15) is 16.7 Å². The van der Waals surface area contributed by atoms with Crippen molar-refractivity contribution >= 4 is 16.6 Å². The molecule has 3 aromatic rings. The number of anilines is 1. The SMILES string of the molecule is Cc1c[nH]c(=O)c(NCc2cc3ccc(C)cc3[nH]c2=O)c1. The number of H-pyrrole nitrogens is 2. The third-order valence-corrected chi connectivity index (χ3v) is 3.60. The van der Waals surface area contributed by atoms with Crippen molar-refractivity contribution in [3.8, 4) is 0 Å². The van der Waals surface area contributed by atoms with Crippen molar-refractivity contribution < 1.29 is 0 Å². The second-order valence-electron chi connectivity index (χ2n) is 5.49. The Bertz CT molecular complexity index is 954. The lowest BCUT2D eigenvalue weighted by atomic mass is 10.1. The standard InChI is InChI=1S/C17H17N3O2/c1-10-3-4-12-7-13(16(21)20-14(12)5-10)9-18-15-6-11(2)8-19-17(15)22/h3-8,18H,9H2,1-2H3,(H,19,22)(H,20,21). The van der Waals surface area contributed by atoms with Gasteiger partial charge >= 0.3 is 0 Å². The Morgan fingerprint density at radius 3 is 2.64 bits per heavy atom. The minimum absolute atomic E-state index is 0.144. The van der Waals surface area contributed by atoms with Crippen LogP contribution in [0, 0.1) is 13.8 Å². The highest BCUT2D eigenvalue weighted by Gasteiger charge is 2.05. The van der Waals surface area contributed by atoms with Gasteiger partial charge < -0.3 is 15.3 Å². The zero-order valence-corrected chi connectivity index (χ0v) is 12.5. The maximum atomic E-state index is 12.1. The zero-order chi connectivity index (χ0) is 15.7. The number of hydrogen-bond donors (Lipinski definition) is 3. The van der Waals surface area contributed by atoms with Gasteiger partial charge in [0, 0.05) is 23.8 Å². The number of aromatic nitrogens is 2. The molecule has 0 spiro atoms. The first-order chi connectivity index (χ1) is 10.5. The van der Waals surface area contributed by atoms with E-state index in [1.54, 1.807) is 12.3 Å². The van der Waals surface area contributed by atoms with E-state index in [0.717, 1.165) is 22.0 Å². The van der Waals surface area contributed by atoms with Crippen LogP contribution in [-0.4, -0.2) is 9.97 Å². The summed E-state index contributed by atoms with van der Waals surface area (Å²) in [5.41, 5.74) is 3.58. The maximum Gasteiger partial charge on any atom is 0.271 e. The van der Waals surface area contributed by atoms with Gasteiger partial charge in [0.15, 0.2) is 0 Å². The molecule has 0 unspecified atom stereocenters. The lowest BCUT2D eigenvalue weighted by Gasteiger charge is -2.07. The molecule has 0 aliphatic carbocycles. The summed E-state index contributed by atoms with van der Waals surface area (Å²) in [5, 5.41) is 4.00. The van der Waals surface area contributed by atoms with E-state index in [9.17, 15) is 9.59 Å². The fourth-order valence-electron chi connectivity index (χ4n) is 2.41. The van der Waals surface area contributed by atoms with Crippen LogP contribution >= 0.6 is 0 Å². The molecule has 22 heavy (non-hydrogen) atoms. The summed E-state index contributed by atoms with van der Waals surface area (Å²) in [5.74, 6) is 0. The van der Waals surface area contributed by atoms with Crippen molar-refractivity contribution in [1.29, 1.82) is 0 Å². The predicted octanol–water partition coefficient (Wildman–Crippen LogP) is 2.45. The minimum atomic E-state index is -0.196. The predicted molar refractivity (Wildman–Crippen MR) is 88.4 cm³/mol. The van der Waals surface area contributed by atoms with E-state index < -0.39 is 0 Å². The quantitative estimate of drug-likeness (QED) is 0.694. The molecule has 0 aliphatic heterocycles. The molecular weight excluding hydrogens is 278 g/mol. The van der Waals surface area contributed by atoms with E-state index in [1.807, 2.05) is 38.1 Å². The number of hydrogen-bond acceptors (Lipinski definition) is 3. The third kappa shape index (κ3) is 2.79. The normalized spacial score (nSPS) is 10.8. The number of benzene rings is 1. The summed E-state index contributed by atoms with van der Waals surface area (Å²) >= 11 is 0. The molecule has 0 amide bonds. The fourth-order valence-corrected chi connectivity index (χ4v) is 2.41. The maximum absolute atomic E-state index is 12.1. The van der Waals surface area contributed by atoms with E-state index in [4.69, 9.17) is 0 Å². The molecule has 0 radical (unpaired) electrons. The molecule has 112 valence electrons. The zero-order valence-electron chi connectivity index (χ0n) is 12.5. The van der Waals surface area contributed by atoms with Gasteiger partial charge in [-0.2, -0.15) is 0 Å². The second-order valence-corrected chi connectivity index (χ2v) is 5.49. The topological polar surface area (TPSA) is 77.8 Å². The second kappa shape index (κ2) is 5.52. The molecule has 2 heterocycles. The number of fused-ring (bicyclic) bond motifs is 1. The minimum Gasteiger partial charge on any atom is -0.376 e. The highest BCUT2D eigenvalue weighted by Crippen LogP contribution is 2.13. The highest BCUT2D eigenvalue weighted by molar-refractivity contribution is 5.79. The van der Waals surface area contributed by atoms with Crippen LogP contribution in [0.25, 0.3) is 10.9 Å². The number of aromatic amines is 2. The van der Waals surface area contributed by atoms with Gasteiger partial charge in [0.1, 0.15) is 5.69 Å². The average molecular weight is 295 g/mol. The van der Waals surface area contributed by atoms with Gasteiger partial charge in [-0.25, -0.2) is 0 Å². The van der Waals surface area contributed by atoms with Gasteiger partial charge in [0.25, 0.3) is 11.1 Å². The van der Waals surface area contributed by atoms with Crippen LogP contribution < -0.4 is 16.4 Å². The monoisotopic (exact) mass is 295 g/mol. The molecule has 3 N–H and O–H groups in total. The molecule has 0 atom stereocenters. The van der Waals surface area contributed by atoms with Crippen molar-refractivity contribution in [2.45, 2.75) is 20.4 Å². The molecule has 0 bridgehead atoms. The molecule has 0 saturated carbocycles. The van der Waals surface area contributed by atoms with Crippen LogP contribution in [0.15, 0.2) is 46.1 Å². The Hall–Kier alpha value is -2.82. The van der Waals surface area contributed by atoms with Crippen LogP contribution in [0.3, 0.4) is 0 Å². The van der Waals surface area contributed by atoms with Gasteiger partial charge in [-0.3, -0.25) is 9.59 Å². The van der Waals surface area contributed by atoms with E-state index in [-0.39, 0.29) is 11.1 Å². The van der Waals surface area contributed by atoms with Crippen LogP contribution in [0.2, 0.25) is 0 Å². The number of rotatable bonds is 3. The van der Waals surface area contributed by atoms with Gasteiger partial charge in [-0.15, -0.1) is 0 Å². The van der Waals surface area contributed by atoms with Crippen molar-refractivity contribution in [3.63, 3.8) is 0 Å². The third-order valence-electron chi connectivity index (χ3n) is 3.60. The Kier molecular flexibility index (Phi) is 3.55. The van der Waals surface area contributed by atoms with Gasteiger partial charge in [-0.1, -0.05) is 12.1 Å². The van der Waals surface area contributed by atoms with Crippen LogP contribution in [0.5, 0.6) is 0 Å². The average Bonchev–Trinajstić information content (AvgIpc) is 2.48. The lowest BCUT2D eigenvalue weighted by Crippen LogP contribution is -2.19. The Balaban J connectivity index is 1.92. The Morgan fingerprint density at radius 1 is 1.00 bits per heavy atom.